The van der Waals surface area contributed by atoms with Crippen LogP contribution in [0.3, 0.4) is 0 Å². The first-order valence-electron chi connectivity index (χ1n) is 7.23. The summed E-state index contributed by atoms with van der Waals surface area (Å²) in [6.45, 7) is 0. The lowest BCUT2D eigenvalue weighted by Gasteiger charge is -2.10. The standard InChI is InChI=1S/C15H19N3O/c1-16-11-4-2-3-10(17-11)15(19)18-14-12-8-5-6-9(7-8)13(12)14/h2-4,8-9,12-14H,5-7H2,1H3,(H,16,17)(H,18,19). The summed E-state index contributed by atoms with van der Waals surface area (Å²) in [5.74, 6) is 4.04. The number of carbonyl (C=O) groups is 1. The molecular formula is C15H19N3O. The molecule has 19 heavy (non-hydrogen) atoms. The summed E-state index contributed by atoms with van der Waals surface area (Å²) in [5.41, 5.74) is 0.518. The molecule has 0 saturated heterocycles. The molecule has 3 fully saturated rings. The first-order chi connectivity index (χ1) is 9.28. The molecule has 4 nitrogen and oxygen atoms in total. The van der Waals surface area contributed by atoms with Gasteiger partial charge >= 0.3 is 0 Å². The van der Waals surface area contributed by atoms with Gasteiger partial charge in [-0.15, -0.1) is 0 Å². The number of aromatic nitrogens is 1. The van der Waals surface area contributed by atoms with Crippen molar-refractivity contribution in [3.8, 4) is 0 Å². The van der Waals surface area contributed by atoms with Crippen molar-refractivity contribution in [2.75, 3.05) is 12.4 Å². The molecule has 4 heteroatoms. The SMILES string of the molecule is CNc1cccc(C(=O)NC2C3C4CCC(C4)C23)n1. The van der Waals surface area contributed by atoms with E-state index in [4.69, 9.17) is 0 Å². The van der Waals surface area contributed by atoms with Gasteiger partial charge in [-0.05, 0) is 55.1 Å². The molecule has 0 aromatic carbocycles. The zero-order valence-corrected chi connectivity index (χ0v) is 11.1. The van der Waals surface area contributed by atoms with E-state index < -0.39 is 0 Å². The second kappa shape index (κ2) is 3.95. The summed E-state index contributed by atoms with van der Waals surface area (Å²) >= 11 is 0. The first kappa shape index (κ1) is 11.3. The molecule has 100 valence electrons. The molecule has 4 atom stereocenters. The highest BCUT2D eigenvalue weighted by molar-refractivity contribution is 5.93. The van der Waals surface area contributed by atoms with Crippen LogP contribution in [0.1, 0.15) is 29.8 Å². The summed E-state index contributed by atoms with van der Waals surface area (Å²) in [5, 5.41) is 6.16. The van der Waals surface area contributed by atoms with Gasteiger partial charge in [0.05, 0.1) is 0 Å². The molecule has 2 bridgehead atoms. The number of fused-ring (bicyclic) bond motifs is 5. The average Bonchev–Trinajstić information content (AvgIpc) is 2.85. The third kappa shape index (κ3) is 1.66. The van der Waals surface area contributed by atoms with Gasteiger partial charge in [0.1, 0.15) is 11.5 Å². The van der Waals surface area contributed by atoms with E-state index in [1.165, 1.54) is 19.3 Å². The number of hydrogen-bond acceptors (Lipinski definition) is 3. The number of nitrogens with zero attached hydrogens (tertiary/aromatic N) is 1. The van der Waals surface area contributed by atoms with Crippen LogP contribution >= 0.6 is 0 Å². The summed E-state index contributed by atoms with van der Waals surface area (Å²) < 4.78 is 0. The monoisotopic (exact) mass is 257 g/mol. The zero-order chi connectivity index (χ0) is 13.0. The molecule has 4 rings (SSSR count). The zero-order valence-electron chi connectivity index (χ0n) is 11.1. The minimum atomic E-state index is -0.0177. The quantitative estimate of drug-likeness (QED) is 0.869. The molecule has 1 amide bonds. The van der Waals surface area contributed by atoms with E-state index in [2.05, 4.69) is 15.6 Å². The highest BCUT2D eigenvalue weighted by Gasteiger charge is 2.65. The van der Waals surface area contributed by atoms with E-state index in [1.807, 2.05) is 19.2 Å². The third-order valence-corrected chi connectivity index (χ3v) is 5.27. The lowest BCUT2D eigenvalue weighted by molar-refractivity contribution is 0.0939. The van der Waals surface area contributed by atoms with Crippen LogP contribution in [0.15, 0.2) is 18.2 Å². The van der Waals surface area contributed by atoms with Gasteiger partial charge in [-0.25, -0.2) is 4.98 Å². The average molecular weight is 257 g/mol. The van der Waals surface area contributed by atoms with Crippen molar-refractivity contribution >= 4 is 11.7 Å². The molecule has 0 aliphatic heterocycles. The van der Waals surface area contributed by atoms with E-state index in [-0.39, 0.29) is 5.91 Å². The van der Waals surface area contributed by atoms with Crippen molar-refractivity contribution in [2.24, 2.45) is 23.7 Å². The Kier molecular flexibility index (Phi) is 2.34. The van der Waals surface area contributed by atoms with Crippen LogP contribution in [0.2, 0.25) is 0 Å². The maximum atomic E-state index is 12.2. The van der Waals surface area contributed by atoms with Crippen LogP contribution in [0.25, 0.3) is 0 Å². The number of anilines is 1. The molecule has 3 aliphatic rings. The summed E-state index contributed by atoms with van der Waals surface area (Å²) in [7, 11) is 1.81. The van der Waals surface area contributed by atoms with Crippen molar-refractivity contribution in [3.05, 3.63) is 23.9 Å². The van der Waals surface area contributed by atoms with Gasteiger partial charge in [-0.2, -0.15) is 0 Å². The van der Waals surface area contributed by atoms with Gasteiger partial charge in [0.2, 0.25) is 0 Å². The topological polar surface area (TPSA) is 54.0 Å². The van der Waals surface area contributed by atoms with Crippen LogP contribution < -0.4 is 10.6 Å². The van der Waals surface area contributed by atoms with Crippen LogP contribution in [0.5, 0.6) is 0 Å². The van der Waals surface area contributed by atoms with Crippen LogP contribution in [0.4, 0.5) is 5.82 Å². The molecule has 0 spiro atoms. The molecule has 1 aromatic rings. The first-order valence-corrected chi connectivity index (χ1v) is 7.23. The van der Waals surface area contributed by atoms with E-state index in [0.29, 0.717) is 11.7 Å². The van der Waals surface area contributed by atoms with Gasteiger partial charge in [0, 0.05) is 13.1 Å². The second-order valence-corrected chi connectivity index (χ2v) is 6.15. The Bertz CT molecular complexity index is 514. The van der Waals surface area contributed by atoms with Crippen molar-refractivity contribution in [3.63, 3.8) is 0 Å². The largest absolute Gasteiger partial charge is 0.373 e. The van der Waals surface area contributed by atoms with Gasteiger partial charge in [-0.1, -0.05) is 6.07 Å². The van der Waals surface area contributed by atoms with Crippen molar-refractivity contribution in [1.29, 1.82) is 0 Å². The van der Waals surface area contributed by atoms with Crippen LogP contribution in [-0.4, -0.2) is 24.0 Å². The Morgan fingerprint density at radius 3 is 2.68 bits per heavy atom. The lowest BCUT2D eigenvalue weighted by Crippen LogP contribution is -2.30. The van der Waals surface area contributed by atoms with E-state index in [9.17, 15) is 4.79 Å². The fourth-order valence-corrected chi connectivity index (χ4v) is 4.44. The van der Waals surface area contributed by atoms with Crippen molar-refractivity contribution < 1.29 is 4.79 Å². The van der Waals surface area contributed by atoms with Gasteiger partial charge < -0.3 is 10.6 Å². The minimum Gasteiger partial charge on any atom is -0.373 e. The molecule has 3 saturated carbocycles. The number of rotatable bonds is 3. The second-order valence-electron chi connectivity index (χ2n) is 6.15. The predicted octanol–water partition coefficient (Wildman–Crippen LogP) is 1.90. The Labute approximate surface area is 113 Å². The Morgan fingerprint density at radius 2 is 2.00 bits per heavy atom. The van der Waals surface area contributed by atoms with Gasteiger partial charge in [0.15, 0.2) is 0 Å². The van der Waals surface area contributed by atoms with Gasteiger partial charge in [-0.3, -0.25) is 4.79 Å². The number of nitrogens with one attached hydrogen (secondary N) is 2. The number of hydrogen-bond donors (Lipinski definition) is 2. The number of pyridine rings is 1. The summed E-state index contributed by atoms with van der Waals surface area (Å²) in [6, 6.07) is 5.94. The maximum absolute atomic E-state index is 12.2. The fourth-order valence-electron chi connectivity index (χ4n) is 4.44. The fraction of sp³-hybridized carbons (Fsp3) is 0.600. The lowest BCUT2D eigenvalue weighted by atomic mass is 10.0. The normalized spacial score (nSPS) is 37.8. The van der Waals surface area contributed by atoms with Crippen LogP contribution in [0, 0.1) is 23.7 Å². The highest BCUT2D eigenvalue weighted by Crippen LogP contribution is 2.65. The minimum absolute atomic E-state index is 0.0177. The molecule has 1 aromatic heterocycles. The summed E-state index contributed by atoms with van der Waals surface area (Å²) in [6.07, 6.45) is 4.17. The predicted molar refractivity (Wildman–Crippen MR) is 72.8 cm³/mol. The van der Waals surface area contributed by atoms with E-state index in [1.54, 1.807) is 6.07 Å². The number of amides is 1. The Hall–Kier alpha value is -1.58. The van der Waals surface area contributed by atoms with Gasteiger partial charge in [0.25, 0.3) is 5.91 Å². The molecule has 1 heterocycles. The maximum Gasteiger partial charge on any atom is 0.270 e. The Morgan fingerprint density at radius 1 is 1.26 bits per heavy atom. The number of carbonyl (C=O) groups excluding carboxylic acids is 1. The molecule has 2 N–H and O–H groups in total. The smallest absolute Gasteiger partial charge is 0.270 e. The Balaban J connectivity index is 1.45. The van der Waals surface area contributed by atoms with Crippen LogP contribution in [-0.2, 0) is 0 Å². The summed E-state index contributed by atoms with van der Waals surface area (Å²) in [4.78, 5) is 16.5. The molecule has 4 unspecified atom stereocenters. The third-order valence-electron chi connectivity index (χ3n) is 5.27. The van der Waals surface area contributed by atoms with Crippen molar-refractivity contribution in [1.82, 2.24) is 10.3 Å². The van der Waals surface area contributed by atoms with E-state index >= 15 is 0 Å². The molecule has 0 radical (unpaired) electrons. The molecule has 3 aliphatic carbocycles. The highest BCUT2D eigenvalue weighted by atomic mass is 16.2. The van der Waals surface area contributed by atoms with Crippen molar-refractivity contribution in [2.45, 2.75) is 25.3 Å². The molecular weight excluding hydrogens is 238 g/mol. The van der Waals surface area contributed by atoms with E-state index in [0.717, 1.165) is 29.5 Å².